The van der Waals surface area contributed by atoms with E-state index in [9.17, 15) is 9.90 Å². The van der Waals surface area contributed by atoms with Gasteiger partial charge in [0.2, 0.25) is 0 Å². The van der Waals surface area contributed by atoms with Gasteiger partial charge in [-0.15, -0.1) is 0 Å². The minimum atomic E-state index is -0.945. The van der Waals surface area contributed by atoms with Crippen LogP contribution < -0.4 is 4.90 Å². The molecule has 0 aromatic carbocycles. The van der Waals surface area contributed by atoms with Gasteiger partial charge in [-0.05, 0) is 38.3 Å². The Hall–Kier alpha value is -1.62. The van der Waals surface area contributed by atoms with Crippen molar-refractivity contribution in [3.8, 4) is 0 Å². The molecule has 2 heterocycles. The van der Waals surface area contributed by atoms with E-state index in [1.54, 1.807) is 19.1 Å². The highest BCUT2D eigenvalue weighted by Gasteiger charge is 2.23. The molecule has 1 fully saturated rings. The third kappa shape index (κ3) is 2.61. The third-order valence-electron chi connectivity index (χ3n) is 3.32. The molecular weight excluding hydrogens is 232 g/mol. The molecule has 1 saturated heterocycles. The van der Waals surface area contributed by atoms with Crippen LogP contribution in [0.2, 0.25) is 0 Å². The fourth-order valence-corrected chi connectivity index (χ4v) is 2.41. The Bertz CT molecular complexity index is 448. The zero-order chi connectivity index (χ0) is 13.1. The first kappa shape index (κ1) is 12.8. The van der Waals surface area contributed by atoms with E-state index in [1.807, 2.05) is 4.90 Å². The predicted molar refractivity (Wildman–Crippen MR) is 68.0 cm³/mol. The Morgan fingerprint density at radius 3 is 2.94 bits per heavy atom. The Labute approximate surface area is 106 Å². The minimum Gasteiger partial charge on any atom is -0.478 e. The molecule has 98 valence electrons. The number of pyridine rings is 1. The number of carboxylic acids is 1. The van der Waals surface area contributed by atoms with E-state index in [1.165, 1.54) is 0 Å². The zero-order valence-electron chi connectivity index (χ0n) is 10.5. The number of aromatic carboxylic acids is 1. The van der Waals surface area contributed by atoms with E-state index in [0.29, 0.717) is 11.5 Å². The standard InChI is InChI=1S/C13H18N2O3/c1-9-6-10(13(17)18)7-12(14-9)15-5-3-2-4-11(15)8-16/h6-7,11,16H,2-5,8H2,1H3,(H,17,18). The summed E-state index contributed by atoms with van der Waals surface area (Å²) in [5.41, 5.74) is 0.937. The molecule has 18 heavy (non-hydrogen) atoms. The molecule has 0 spiro atoms. The maximum atomic E-state index is 11.0. The van der Waals surface area contributed by atoms with Crippen LogP contribution in [0, 0.1) is 6.92 Å². The number of carbonyl (C=O) groups is 1. The summed E-state index contributed by atoms with van der Waals surface area (Å²) >= 11 is 0. The number of hydrogen-bond acceptors (Lipinski definition) is 4. The molecule has 1 aromatic rings. The molecule has 0 bridgehead atoms. The highest BCUT2D eigenvalue weighted by Crippen LogP contribution is 2.24. The van der Waals surface area contributed by atoms with Gasteiger partial charge >= 0.3 is 5.97 Å². The summed E-state index contributed by atoms with van der Waals surface area (Å²) in [6.45, 7) is 2.69. The number of aliphatic hydroxyl groups is 1. The Balaban J connectivity index is 2.33. The van der Waals surface area contributed by atoms with Gasteiger partial charge in [-0.25, -0.2) is 9.78 Å². The lowest BCUT2D eigenvalue weighted by Crippen LogP contribution is -2.42. The lowest BCUT2D eigenvalue weighted by molar-refractivity contribution is 0.0696. The second kappa shape index (κ2) is 5.35. The van der Waals surface area contributed by atoms with Gasteiger partial charge in [0, 0.05) is 12.2 Å². The van der Waals surface area contributed by atoms with Gasteiger partial charge in [0.25, 0.3) is 0 Å². The quantitative estimate of drug-likeness (QED) is 0.849. The van der Waals surface area contributed by atoms with Gasteiger partial charge in [-0.3, -0.25) is 0 Å². The minimum absolute atomic E-state index is 0.0506. The van der Waals surface area contributed by atoms with Gasteiger partial charge in [0.1, 0.15) is 5.82 Å². The monoisotopic (exact) mass is 250 g/mol. The van der Waals surface area contributed by atoms with Crippen molar-refractivity contribution in [3.05, 3.63) is 23.4 Å². The van der Waals surface area contributed by atoms with Crippen molar-refractivity contribution < 1.29 is 15.0 Å². The molecule has 0 aliphatic carbocycles. The maximum absolute atomic E-state index is 11.0. The summed E-state index contributed by atoms with van der Waals surface area (Å²) < 4.78 is 0. The molecule has 5 nitrogen and oxygen atoms in total. The fourth-order valence-electron chi connectivity index (χ4n) is 2.41. The predicted octanol–water partition coefficient (Wildman–Crippen LogP) is 1.44. The third-order valence-corrected chi connectivity index (χ3v) is 3.32. The molecule has 0 amide bonds. The van der Waals surface area contributed by atoms with E-state index >= 15 is 0 Å². The van der Waals surface area contributed by atoms with Crippen molar-refractivity contribution in [3.63, 3.8) is 0 Å². The molecular formula is C13H18N2O3. The smallest absolute Gasteiger partial charge is 0.335 e. The summed E-state index contributed by atoms with van der Waals surface area (Å²) in [5.74, 6) is -0.287. The van der Waals surface area contributed by atoms with Crippen LogP contribution in [0.4, 0.5) is 5.82 Å². The van der Waals surface area contributed by atoms with E-state index in [2.05, 4.69) is 4.98 Å². The van der Waals surface area contributed by atoms with Gasteiger partial charge in [0.05, 0.1) is 18.2 Å². The zero-order valence-corrected chi connectivity index (χ0v) is 10.5. The van der Waals surface area contributed by atoms with Crippen LogP contribution in [-0.4, -0.2) is 40.4 Å². The molecule has 0 radical (unpaired) electrons. The molecule has 1 aliphatic rings. The summed E-state index contributed by atoms with van der Waals surface area (Å²) in [5, 5.41) is 18.4. The number of anilines is 1. The molecule has 1 aliphatic heterocycles. The summed E-state index contributed by atoms with van der Waals surface area (Å²) in [4.78, 5) is 17.4. The molecule has 2 N–H and O–H groups in total. The highest BCUT2D eigenvalue weighted by atomic mass is 16.4. The van der Waals surface area contributed by atoms with E-state index < -0.39 is 5.97 Å². The lowest BCUT2D eigenvalue weighted by Gasteiger charge is -2.35. The molecule has 5 heteroatoms. The molecule has 2 rings (SSSR count). The number of hydrogen-bond donors (Lipinski definition) is 2. The normalized spacial score (nSPS) is 19.9. The van der Waals surface area contributed by atoms with Gasteiger partial charge < -0.3 is 15.1 Å². The van der Waals surface area contributed by atoms with Crippen molar-refractivity contribution in [2.45, 2.75) is 32.2 Å². The lowest BCUT2D eigenvalue weighted by atomic mass is 10.0. The first-order chi connectivity index (χ1) is 8.61. The topological polar surface area (TPSA) is 73.7 Å². The fraction of sp³-hybridized carbons (Fsp3) is 0.538. The SMILES string of the molecule is Cc1cc(C(=O)O)cc(N2CCCCC2CO)n1. The van der Waals surface area contributed by atoms with Crippen LogP contribution in [0.3, 0.4) is 0 Å². The van der Waals surface area contributed by atoms with E-state index in [4.69, 9.17) is 5.11 Å². The average Bonchev–Trinajstić information content (AvgIpc) is 2.38. The van der Waals surface area contributed by atoms with Crippen LogP contribution in [0.5, 0.6) is 0 Å². The van der Waals surface area contributed by atoms with Crippen molar-refractivity contribution >= 4 is 11.8 Å². The van der Waals surface area contributed by atoms with Crippen LogP contribution in [0.1, 0.15) is 35.3 Å². The summed E-state index contributed by atoms with van der Waals surface area (Å²) in [6.07, 6.45) is 3.07. The number of rotatable bonds is 3. The Kier molecular flexibility index (Phi) is 3.81. The first-order valence-electron chi connectivity index (χ1n) is 6.21. The van der Waals surface area contributed by atoms with Crippen LogP contribution in [-0.2, 0) is 0 Å². The van der Waals surface area contributed by atoms with E-state index in [-0.39, 0.29) is 18.2 Å². The number of carboxylic acid groups (broad SMARTS) is 1. The van der Waals surface area contributed by atoms with Crippen molar-refractivity contribution in [2.75, 3.05) is 18.1 Å². The average molecular weight is 250 g/mol. The van der Waals surface area contributed by atoms with E-state index in [0.717, 1.165) is 25.8 Å². The van der Waals surface area contributed by atoms with Crippen molar-refractivity contribution in [1.29, 1.82) is 0 Å². The summed E-state index contributed by atoms with van der Waals surface area (Å²) in [6, 6.07) is 3.20. The summed E-state index contributed by atoms with van der Waals surface area (Å²) in [7, 11) is 0. The number of nitrogens with zero attached hydrogens (tertiary/aromatic N) is 2. The Morgan fingerprint density at radius 1 is 1.50 bits per heavy atom. The number of aliphatic hydroxyl groups excluding tert-OH is 1. The molecule has 1 atom stereocenters. The number of aryl methyl sites for hydroxylation is 1. The number of piperidine rings is 1. The molecule has 1 unspecified atom stereocenters. The second-order valence-corrected chi connectivity index (χ2v) is 4.69. The largest absolute Gasteiger partial charge is 0.478 e. The Morgan fingerprint density at radius 2 is 2.28 bits per heavy atom. The second-order valence-electron chi connectivity index (χ2n) is 4.69. The number of aromatic nitrogens is 1. The van der Waals surface area contributed by atoms with Crippen molar-refractivity contribution in [2.24, 2.45) is 0 Å². The first-order valence-corrected chi connectivity index (χ1v) is 6.21. The van der Waals surface area contributed by atoms with Crippen molar-refractivity contribution in [1.82, 2.24) is 4.98 Å². The maximum Gasteiger partial charge on any atom is 0.335 e. The van der Waals surface area contributed by atoms with Crippen LogP contribution >= 0.6 is 0 Å². The van der Waals surface area contributed by atoms with Gasteiger partial charge in [0.15, 0.2) is 0 Å². The van der Waals surface area contributed by atoms with Gasteiger partial charge in [-0.2, -0.15) is 0 Å². The molecule has 0 saturated carbocycles. The van der Waals surface area contributed by atoms with Crippen LogP contribution in [0.15, 0.2) is 12.1 Å². The molecule has 1 aromatic heterocycles. The van der Waals surface area contributed by atoms with Crippen LogP contribution in [0.25, 0.3) is 0 Å². The highest BCUT2D eigenvalue weighted by molar-refractivity contribution is 5.88. The van der Waals surface area contributed by atoms with Gasteiger partial charge in [-0.1, -0.05) is 0 Å².